The summed E-state index contributed by atoms with van der Waals surface area (Å²) < 4.78 is 47.5. The van der Waals surface area contributed by atoms with E-state index in [2.05, 4.69) is 9.47 Å². The van der Waals surface area contributed by atoms with Crippen molar-refractivity contribution in [3.05, 3.63) is 23.5 Å². The summed E-state index contributed by atoms with van der Waals surface area (Å²) in [5.41, 5.74) is 0. The number of esters is 2. The van der Waals surface area contributed by atoms with Crippen LogP contribution in [-0.2, 0) is 9.59 Å². The summed E-state index contributed by atoms with van der Waals surface area (Å²) in [7, 11) is 0. The predicted molar refractivity (Wildman–Crippen MR) is 47.8 cm³/mol. The van der Waals surface area contributed by atoms with Gasteiger partial charge in [0.1, 0.15) is 0 Å². The fourth-order valence-electron chi connectivity index (χ4n) is 0.957. The lowest BCUT2D eigenvalue weighted by Crippen LogP contribution is -2.10. The first-order valence-corrected chi connectivity index (χ1v) is 4.29. The molecule has 0 saturated carbocycles. The van der Waals surface area contributed by atoms with Crippen LogP contribution in [0, 0.1) is 23.5 Å². The smallest absolute Gasteiger partial charge is 0.308 e. The Labute approximate surface area is 93.9 Å². The molecule has 1 rings (SSSR count). The highest BCUT2D eigenvalue weighted by Gasteiger charge is 2.24. The minimum absolute atomic E-state index is 0.830. The third-order valence-electron chi connectivity index (χ3n) is 1.51. The van der Waals surface area contributed by atoms with Gasteiger partial charge in [0.05, 0.1) is 6.07 Å². The molecule has 0 saturated heterocycles. The maximum atomic E-state index is 13.2. The van der Waals surface area contributed by atoms with E-state index >= 15 is 0 Å². The van der Waals surface area contributed by atoms with Gasteiger partial charge in [-0.15, -0.1) is 0 Å². The van der Waals surface area contributed by atoms with Crippen molar-refractivity contribution in [2.45, 2.75) is 13.8 Å². The molecule has 0 aromatic heterocycles. The Morgan fingerprint density at radius 2 is 1.53 bits per heavy atom. The zero-order valence-corrected chi connectivity index (χ0v) is 8.77. The third kappa shape index (κ3) is 2.96. The van der Waals surface area contributed by atoms with E-state index in [9.17, 15) is 22.8 Å². The molecule has 91 valence electrons. The Morgan fingerprint density at radius 1 is 1.00 bits per heavy atom. The average molecular weight is 247 g/mol. The Morgan fingerprint density at radius 3 is 2.00 bits per heavy atom. The van der Waals surface area contributed by atoms with Crippen LogP contribution in [0.25, 0.3) is 0 Å². The van der Waals surface area contributed by atoms with Gasteiger partial charge >= 0.3 is 11.9 Å². The summed E-state index contributed by atoms with van der Waals surface area (Å²) >= 11 is 0. The van der Waals surface area contributed by atoms with Gasteiger partial charge in [-0.05, 0) is 0 Å². The summed E-state index contributed by atoms with van der Waals surface area (Å²) in [4.78, 5) is 21.3. The maximum absolute atomic E-state index is 13.2. The van der Waals surface area contributed by atoms with Crippen molar-refractivity contribution in [1.82, 2.24) is 0 Å². The highest BCUT2D eigenvalue weighted by Crippen LogP contribution is 2.33. The van der Waals surface area contributed by atoms with Gasteiger partial charge in [-0.25, -0.2) is 8.78 Å². The van der Waals surface area contributed by atoms with Gasteiger partial charge in [0.2, 0.25) is 11.6 Å². The van der Waals surface area contributed by atoms with Crippen LogP contribution in [0.5, 0.6) is 11.5 Å². The highest BCUT2D eigenvalue weighted by molar-refractivity contribution is 5.73. The van der Waals surface area contributed by atoms with Crippen LogP contribution < -0.4 is 9.47 Å². The van der Waals surface area contributed by atoms with Crippen molar-refractivity contribution >= 4 is 11.9 Å². The Hall–Kier alpha value is -2.05. The van der Waals surface area contributed by atoms with Gasteiger partial charge in [-0.2, -0.15) is 4.39 Å². The minimum Gasteiger partial charge on any atom is -0.422 e. The molecule has 7 heteroatoms. The van der Waals surface area contributed by atoms with Crippen LogP contribution >= 0.6 is 0 Å². The lowest BCUT2D eigenvalue weighted by atomic mass is 10.2. The molecule has 0 aliphatic heterocycles. The number of halogens is 3. The summed E-state index contributed by atoms with van der Waals surface area (Å²) in [5.74, 6) is -9.10. The lowest BCUT2D eigenvalue weighted by molar-refractivity contribution is -0.134. The summed E-state index contributed by atoms with van der Waals surface area (Å²) in [5, 5.41) is 0. The molecular weight excluding hydrogens is 241 g/mol. The summed E-state index contributed by atoms with van der Waals surface area (Å²) in [6, 6.07) is 1.62. The number of ether oxygens (including phenoxy) is 2. The fraction of sp³-hybridized carbons (Fsp3) is 0.200. The molecule has 0 heterocycles. The van der Waals surface area contributed by atoms with Crippen LogP contribution in [0.3, 0.4) is 0 Å². The molecule has 0 amide bonds. The van der Waals surface area contributed by atoms with Crippen LogP contribution in [0.15, 0.2) is 0 Å². The molecule has 0 aliphatic rings. The van der Waals surface area contributed by atoms with Gasteiger partial charge in [0, 0.05) is 13.8 Å². The van der Waals surface area contributed by atoms with Crippen molar-refractivity contribution in [2.24, 2.45) is 0 Å². The molecule has 4 nitrogen and oxygen atoms in total. The Bertz CT molecular complexity index is 485. The van der Waals surface area contributed by atoms with Crippen molar-refractivity contribution in [3.8, 4) is 11.5 Å². The molecule has 0 N–H and O–H groups in total. The molecule has 0 atom stereocenters. The number of rotatable bonds is 2. The molecule has 0 aliphatic carbocycles. The van der Waals surface area contributed by atoms with Crippen LogP contribution in [0.1, 0.15) is 13.8 Å². The van der Waals surface area contributed by atoms with E-state index in [1.54, 1.807) is 6.07 Å². The number of carbonyl (C=O) groups excluding carboxylic acids is 2. The first-order valence-electron chi connectivity index (χ1n) is 4.29. The Balaban J connectivity index is 3.34. The van der Waals surface area contributed by atoms with Gasteiger partial charge in [-0.1, -0.05) is 0 Å². The zero-order chi connectivity index (χ0) is 13.2. The van der Waals surface area contributed by atoms with Crippen molar-refractivity contribution in [2.75, 3.05) is 0 Å². The fourth-order valence-corrected chi connectivity index (χ4v) is 0.957. The van der Waals surface area contributed by atoms with Gasteiger partial charge in [0.15, 0.2) is 17.4 Å². The Kier molecular flexibility index (Phi) is 3.72. The van der Waals surface area contributed by atoms with Crippen molar-refractivity contribution in [1.29, 1.82) is 0 Å². The number of carbonyl (C=O) groups is 2. The van der Waals surface area contributed by atoms with E-state index in [1.807, 2.05) is 0 Å². The first-order chi connectivity index (χ1) is 7.82. The molecule has 1 aromatic rings. The molecule has 17 heavy (non-hydrogen) atoms. The molecule has 0 unspecified atom stereocenters. The van der Waals surface area contributed by atoms with E-state index in [0.29, 0.717) is 0 Å². The van der Waals surface area contributed by atoms with Crippen LogP contribution in [-0.4, -0.2) is 11.9 Å². The molecule has 1 radical (unpaired) electrons. The number of hydrogen-bond donors (Lipinski definition) is 0. The largest absolute Gasteiger partial charge is 0.422 e. The lowest BCUT2D eigenvalue weighted by Gasteiger charge is -2.09. The second-order valence-electron chi connectivity index (χ2n) is 2.91. The summed E-state index contributed by atoms with van der Waals surface area (Å²) in [6.07, 6.45) is 0. The molecule has 0 bridgehead atoms. The molecule has 0 spiro atoms. The van der Waals surface area contributed by atoms with E-state index in [1.165, 1.54) is 0 Å². The second-order valence-corrected chi connectivity index (χ2v) is 2.91. The third-order valence-corrected chi connectivity index (χ3v) is 1.51. The van der Waals surface area contributed by atoms with Crippen molar-refractivity contribution < 1.29 is 32.2 Å². The van der Waals surface area contributed by atoms with Gasteiger partial charge < -0.3 is 9.47 Å². The van der Waals surface area contributed by atoms with Gasteiger partial charge in [-0.3, -0.25) is 9.59 Å². The quantitative estimate of drug-likeness (QED) is 0.454. The van der Waals surface area contributed by atoms with E-state index in [0.717, 1.165) is 13.8 Å². The monoisotopic (exact) mass is 247 g/mol. The molecule has 1 aromatic carbocycles. The zero-order valence-electron chi connectivity index (χ0n) is 8.77. The SMILES string of the molecule is CC(=O)Oc1[c]c(F)c(F)c(F)c1OC(C)=O. The standard InChI is InChI=1S/C10H6F3O4/c1-4(14)16-7-3-6(11)8(12)9(13)10(7)17-5(2)15/h1-2H3. The first kappa shape index (κ1) is 13.0. The number of hydrogen-bond acceptors (Lipinski definition) is 4. The van der Waals surface area contributed by atoms with E-state index in [4.69, 9.17) is 0 Å². The minimum atomic E-state index is -1.88. The van der Waals surface area contributed by atoms with Crippen LogP contribution in [0.4, 0.5) is 13.2 Å². The predicted octanol–water partition coefficient (Wildman–Crippen LogP) is 1.75. The molecule has 0 fully saturated rings. The molecular formula is C10H6F3O4. The van der Waals surface area contributed by atoms with E-state index in [-0.39, 0.29) is 0 Å². The topological polar surface area (TPSA) is 52.6 Å². The highest BCUT2D eigenvalue weighted by atomic mass is 19.2. The summed E-state index contributed by atoms with van der Waals surface area (Å²) in [6.45, 7) is 1.86. The average Bonchev–Trinajstić information content (AvgIpc) is 2.20. The second kappa shape index (κ2) is 4.86. The maximum Gasteiger partial charge on any atom is 0.308 e. The number of benzene rings is 1. The van der Waals surface area contributed by atoms with Crippen LogP contribution in [0.2, 0.25) is 0 Å². The van der Waals surface area contributed by atoms with Gasteiger partial charge in [0.25, 0.3) is 0 Å². The van der Waals surface area contributed by atoms with Crippen molar-refractivity contribution in [3.63, 3.8) is 0 Å². The normalized spacial score (nSPS) is 9.94. The van der Waals surface area contributed by atoms with E-state index < -0.39 is 40.9 Å².